The lowest BCUT2D eigenvalue weighted by Crippen LogP contribution is -2.44. The van der Waals surface area contributed by atoms with Crippen molar-refractivity contribution in [2.24, 2.45) is 11.7 Å². The van der Waals surface area contributed by atoms with E-state index in [4.69, 9.17) is 5.73 Å². The van der Waals surface area contributed by atoms with Crippen LogP contribution in [0.5, 0.6) is 0 Å². The highest BCUT2D eigenvalue weighted by Crippen LogP contribution is 2.30. The van der Waals surface area contributed by atoms with E-state index >= 15 is 0 Å². The van der Waals surface area contributed by atoms with Gasteiger partial charge in [-0.1, -0.05) is 6.92 Å². The Balaban J connectivity index is 2.38. The molecule has 0 heterocycles. The summed E-state index contributed by atoms with van der Waals surface area (Å²) in [6.07, 6.45) is 3.22. The topological polar surface area (TPSA) is 58.4 Å². The second-order valence-corrected chi connectivity index (χ2v) is 4.58. The van der Waals surface area contributed by atoms with Crippen LogP contribution in [-0.2, 0) is 4.79 Å². The molecule has 94 valence electrons. The lowest BCUT2D eigenvalue weighted by atomic mass is 10.1. The van der Waals surface area contributed by atoms with Crippen molar-refractivity contribution in [3.05, 3.63) is 0 Å². The van der Waals surface area contributed by atoms with Crippen LogP contribution < -0.4 is 11.1 Å². The van der Waals surface area contributed by atoms with Gasteiger partial charge < -0.3 is 11.1 Å². The van der Waals surface area contributed by atoms with E-state index in [2.05, 4.69) is 17.1 Å². The molecule has 16 heavy (non-hydrogen) atoms. The molecular formula is C12H25N3O. The predicted octanol–water partition coefficient (Wildman–Crippen LogP) is 0.572. The Morgan fingerprint density at radius 2 is 2.19 bits per heavy atom. The fourth-order valence-electron chi connectivity index (χ4n) is 2.01. The molecule has 0 spiro atoms. The smallest absolute Gasteiger partial charge is 0.221 e. The molecule has 1 aliphatic carbocycles. The van der Waals surface area contributed by atoms with Crippen molar-refractivity contribution in [2.75, 3.05) is 26.2 Å². The van der Waals surface area contributed by atoms with Crippen LogP contribution in [0.3, 0.4) is 0 Å². The number of carbonyl (C=O) groups excluding carboxylic acids is 1. The number of hydrogen-bond acceptors (Lipinski definition) is 3. The lowest BCUT2D eigenvalue weighted by Gasteiger charge is -2.29. The van der Waals surface area contributed by atoms with Crippen LogP contribution in [0, 0.1) is 5.92 Å². The van der Waals surface area contributed by atoms with E-state index in [-0.39, 0.29) is 11.9 Å². The molecule has 4 heteroatoms. The van der Waals surface area contributed by atoms with Gasteiger partial charge in [-0.15, -0.1) is 0 Å². The number of likely N-dealkylation sites (N-methyl/N-ethyl adjacent to an activating group) is 1. The van der Waals surface area contributed by atoms with Crippen LogP contribution in [-0.4, -0.2) is 43.0 Å². The summed E-state index contributed by atoms with van der Waals surface area (Å²) >= 11 is 0. The minimum atomic E-state index is 0.118. The number of nitrogens with two attached hydrogens (primary N) is 1. The molecule has 1 unspecified atom stereocenters. The maximum absolute atomic E-state index is 11.5. The first-order valence-corrected chi connectivity index (χ1v) is 6.42. The maximum atomic E-state index is 11.5. The molecule has 0 aromatic heterocycles. The highest BCUT2D eigenvalue weighted by molar-refractivity contribution is 5.76. The maximum Gasteiger partial charge on any atom is 0.221 e. The first-order valence-electron chi connectivity index (χ1n) is 6.42. The summed E-state index contributed by atoms with van der Waals surface area (Å²) < 4.78 is 0. The van der Waals surface area contributed by atoms with Gasteiger partial charge in [-0.25, -0.2) is 0 Å². The fourth-order valence-corrected chi connectivity index (χ4v) is 2.01. The Labute approximate surface area is 98.6 Å². The molecule has 0 aromatic rings. The number of rotatable bonds is 8. The number of nitrogens with one attached hydrogen (secondary N) is 1. The summed E-state index contributed by atoms with van der Waals surface area (Å²) in [7, 11) is 0. The van der Waals surface area contributed by atoms with Crippen LogP contribution in [0.25, 0.3) is 0 Å². The van der Waals surface area contributed by atoms with Gasteiger partial charge in [-0.3, -0.25) is 9.69 Å². The van der Waals surface area contributed by atoms with Crippen molar-refractivity contribution in [2.45, 2.75) is 39.2 Å². The summed E-state index contributed by atoms with van der Waals surface area (Å²) in [6, 6.07) is 0.206. The first kappa shape index (κ1) is 13.5. The summed E-state index contributed by atoms with van der Waals surface area (Å²) in [6.45, 7) is 7.44. The molecule has 1 fully saturated rings. The molecule has 0 saturated heterocycles. The molecule has 3 N–H and O–H groups in total. The zero-order chi connectivity index (χ0) is 12.0. The van der Waals surface area contributed by atoms with Gasteiger partial charge >= 0.3 is 0 Å². The first-order chi connectivity index (χ1) is 7.71. The average molecular weight is 227 g/mol. The largest absolute Gasteiger partial charge is 0.356 e. The van der Waals surface area contributed by atoms with Crippen molar-refractivity contribution in [3.8, 4) is 0 Å². The Morgan fingerprint density at radius 3 is 2.62 bits per heavy atom. The standard InChI is InChI=1S/C12H25N3O/c1-3-14-12(16)7-11(8-13)15(4-2)9-10-5-6-10/h10-11H,3-9,13H2,1-2H3,(H,14,16). The van der Waals surface area contributed by atoms with Gasteiger partial charge in [0.2, 0.25) is 5.91 Å². The predicted molar refractivity (Wildman–Crippen MR) is 66.1 cm³/mol. The highest BCUT2D eigenvalue weighted by atomic mass is 16.1. The second kappa shape index (κ2) is 6.86. The Kier molecular flexibility index (Phi) is 5.77. The molecule has 1 amide bonds. The molecule has 4 nitrogen and oxygen atoms in total. The number of nitrogens with zero attached hydrogens (tertiary/aromatic N) is 1. The van der Waals surface area contributed by atoms with Gasteiger partial charge in [-0.2, -0.15) is 0 Å². The number of carbonyl (C=O) groups is 1. The van der Waals surface area contributed by atoms with Crippen LogP contribution in [0.15, 0.2) is 0 Å². The second-order valence-electron chi connectivity index (χ2n) is 4.58. The number of amides is 1. The third-order valence-corrected chi connectivity index (χ3v) is 3.18. The average Bonchev–Trinajstić information content (AvgIpc) is 3.07. The van der Waals surface area contributed by atoms with Crippen molar-refractivity contribution in [1.29, 1.82) is 0 Å². The van der Waals surface area contributed by atoms with Crippen LogP contribution in [0.1, 0.15) is 33.1 Å². The zero-order valence-electron chi connectivity index (χ0n) is 10.5. The van der Waals surface area contributed by atoms with Crippen LogP contribution in [0.2, 0.25) is 0 Å². The summed E-state index contributed by atoms with van der Waals surface area (Å²) in [4.78, 5) is 13.9. The van der Waals surface area contributed by atoms with E-state index in [9.17, 15) is 4.79 Å². The van der Waals surface area contributed by atoms with Gasteiger partial charge in [0.05, 0.1) is 0 Å². The van der Waals surface area contributed by atoms with E-state index in [0.717, 1.165) is 19.0 Å². The quantitative estimate of drug-likeness (QED) is 0.637. The fraction of sp³-hybridized carbons (Fsp3) is 0.917. The third kappa shape index (κ3) is 4.49. The van der Waals surface area contributed by atoms with E-state index in [1.165, 1.54) is 12.8 Å². The van der Waals surface area contributed by atoms with Crippen molar-refractivity contribution < 1.29 is 4.79 Å². The van der Waals surface area contributed by atoms with Gasteiger partial charge in [0.25, 0.3) is 0 Å². The summed E-state index contributed by atoms with van der Waals surface area (Å²) in [5.74, 6) is 0.968. The molecular weight excluding hydrogens is 202 g/mol. The molecule has 1 saturated carbocycles. The lowest BCUT2D eigenvalue weighted by molar-refractivity contribution is -0.122. The zero-order valence-corrected chi connectivity index (χ0v) is 10.5. The third-order valence-electron chi connectivity index (χ3n) is 3.18. The molecule has 0 aromatic carbocycles. The van der Waals surface area contributed by atoms with E-state index < -0.39 is 0 Å². The normalized spacial score (nSPS) is 17.5. The molecule has 1 atom stereocenters. The van der Waals surface area contributed by atoms with E-state index in [1.807, 2.05) is 6.92 Å². The SMILES string of the molecule is CCNC(=O)CC(CN)N(CC)CC1CC1. The molecule has 0 radical (unpaired) electrons. The van der Waals surface area contributed by atoms with E-state index in [1.54, 1.807) is 0 Å². The van der Waals surface area contributed by atoms with Gasteiger partial charge in [0, 0.05) is 32.1 Å². The Bertz CT molecular complexity index is 216. The van der Waals surface area contributed by atoms with Crippen molar-refractivity contribution >= 4 is 5.91 Å². The van der Waals surface area contributed by atoms with Crippen LogP contribution >= 0.6 is 0 Å². The van der Waals surface area contributed by atoms with Gasteiger partial charge in [0.1, 0.15) is 0 Å². The molecule has 1 aliphatic rings. The highest BCUT2D eigenvalue weighted by Gasteiger charge is 2.27. The van der Waals surface area contributed by atoms with Crippen molar-refractivity contribution in [3.63, 3.8) is 0 Å². The minimum Gasteiger partial charge on any atom is -0.356 e. The summed E-state index contributed by atoms with van der Waals surface area (Å²) in [5, 5.41) is 2.84. The monoisotopic (exact) mass is 227 g/mol. The van der Waals surface area contributed by atoms with Gasteiger partial charge in [-0.05, 0) is 32.2 Å². The number of hydrogen-bond donors (Lipinski definition) is 2. The van der Waals surface area contributed by atoms with Crippen LogP contribution in [0.4, 0.5) is 0 Å². The van der Waals surface area contributed by atoms with E-state index in [0.29, 0.717) is 19.5 Å². The Morgan fingerprint density at radius 1 is 1.50 bits per heavy atom. The van der Waals surface area contributed by atoms with Gasteiger partial charge in [0.15, 0.2) is 0 Å². The summed E-state index contributed by atoms with van der Waals surface area (Å²) in [5.41, 5.74) is 5.77. The molecule has 1 rings (SSSR count). The molecule has 0 bridgehead atoms. The van der Waals surface area contributed by atoms with Crippen molar-refractivity contribution in [1.82, 2.24) is 10.2 Å². The minimum absolute atomic E-state index is 0.118. The molecule has 0 aliphatic heterocycles. The Hall–Kier alpha value is -0.610.